The highest BCUT2D eigenvalue weighted by molar-refractivity contribution is 6.01. The smallest absolute Gasteiger partial charge is 0.251 e. The summed E-state index contributed by atoms with van der Waals surface area (Å²) in [6.07, 6.45) is 3.54. The minimum atomic E-state index is -0.589. The molecule has 0 unspecified atom stereocenters. The molecular formula is C19H29FN4O2. The molecular weight excluding hydrogens is 335 g/mol. The van der Waals surface area contributed by atoms with E-state index < -0.39 is 5.83 Å². The molecule has 0 saturated carbocycles. The molecule has 7 heteroatoms. The van der Waals surface area contributed by atoms with Crippen molar-refractivity contribution >= 4 is 11.8 Å². The molecule has 6 nitrogen and oxygen atoms in total. The zero-order chi connectivity index (χ0) is 19.5. The molecule has 1 heterocycles. The minimum absolute atomic E-state index is 0.101. The minimum Gasteiger partial charge on any atom is -0.385 e. The van der Waals surface area contributed by atoms with Gasteiger partial charge in [-0.05, 0) is 31.5 Å². The predicted octanol–water partition coefficient (Wildman–Crippen LogP) is 1.45. The summed E-state index contributed by atoms with van der Waals surface area (Å²) in [7, 11) is 0. The van der Waals surface area contributed by atoms with E-state index in [4.69, 9.17) is 0 Å². The molecule has 4 N–H and O–H groups in total. The maximum Gasteiger partial charge on any atom is 0.251 e. The van der Waals surface area contributed by atoms with Gasteiger partial charge >= 0.3 is 0 Å². The molecule has 1 rings (SSSR count). The molecule has 0 aliphatic carbocycles. The van der Waals surface area contributed by atoms with Crippen LogP contribution in [-0.4, -0.2) is 44.5 Å². The summed E-state index contributed by atoms with van der Waals surface area (Å²) < 4.78 is 13.0. The monoisotopic (exact) mass is 364 g/mol. The zero-order valence-corrected chi connectivity index (χ0v) is 15.8. The van der Waals surface area contributed by atoms with Crippen LogP contribution >= 0.6 is 0 Å². The van der Waals surface area contributed by atoms with Crippen LogP contribution in [0.2, 0.25) is 0 Å². The molecule has 1 aliphatic rings. The third-order valence-corrected chi connectivity index (χ3v) is 3.95. The van der Waals surface area contributed by atoms with Gasteiger partial charge < -0.3 is 21.3 Å². The summed E-state index contributed by atoms with van der Waals surface area (Å²) >= 11 is 0. The Kier molecular flexibility index (Phi) is 9.36. The van der Waals surface area contributed by atoms with Crippen LogP contribution in [0.4, 0.5) is 4.39 Å². The van der Waals surface area contributed by atoms with Gasteiger partial charge in [0.2, 0.25) is 5.91 Å². The molecule has 0 aromatic heterocycles. The van der Waals surface area contributed by atoms with Crippen molar-refractivity contribution in [1.29, 1.82) is 0 Å². The fourth-order valence-electron chi connectivity index (χ4n) is 2.61. The Labute approximate surface area is 154 Å². The standard InChI is InChI=1S/C19H29FN4O2/c1-5-16(18(25)23-10-9-21-6-2)14(4)22-8-7-17-15(11-13(3)20)12-24-19(17)26/h7,11,21-22H,3,5-6,8-10,12H2,1-2,4H3,(H,23,25)(H,24,26)/b15-11+,16-14+,17-7-. The summed E-state index contributed by atoms with van der Waals surface area (Å²) in [6.45, 7) is 11.8. The predicted molar refractivity (Wildman–Crippen MR) is 102 cm³/mol. The van der Waals surface area contributed by atoms with Gasteiger partial charge in [-0.15, -0.1) is 0 Å². The number of amides is 2. The van der Waals surface area contributed by atoms with E-state index in [1.165, 1.54) is 6.08 Å². The highest BCUT2D eigenvalue weighted by atomic mass is 19.1. The number of nitrogens with one attached hydrogen (secondary N) is 4. The van der Waals surface area contributed by atoms with Crippen LogP contribution in [0.3, 0.4) is 0 Å². The number of carbonyl (C=O) groups excluding carboxylic acids is 2. The van der Waals surface area contributed by atoms with Crippen molar-refractivity contribution in [3.05, 3.63) is 47.0 Å². The van der Waals surface area contributed by atoms with Crippen LogP contribution in [0.5, 0.6) is 0 Å². The number of hydrogen-bond donors (Lipinski definition) is 4. The average molecular weight is 364 g/mol. The summed E-state index contributed by atoms with van der Waals surface area (Å²) in [5.41, 5.74) is 2.42. The first-order chi connectivity index (χ1) is 12.4. The lowest BCUT2D eigenvalue weighted by Crippen LogP contribution is -2.33. The van der Waals surface area contributed by atoms with Crippen LogP contribution < -0.4 is 21.3 Å². The highest BCUT2D eigenvalue weighted by Gasteiger charge is 2.21. The van der Waals surface area contributed by atoms with Crippen molar-refractivity contribution < 1.29 is 14.0 Å². The van der Waals surface area contributed by atoms with E-state index in [0.717, 1.165) is 18.8 Å². The van der Waals surface area contributed by atoms with Crippen molar-refractivity contribution in [3.8, 4) is 0 Å². The quantitative estimate of drug-likeness (QED) is 0.349. The molecule has 1 aliphatic heterocycles. The van der Waals surface area contributed by atoms with E-state index in [1.54, 1.807) is 6.08 Å². The summed E-state index contributed by atoms with van der Waals surface area (Å²) in [6, 6.07) is 0. The van der Waals surface area contributed by atoms with Gasteiger partial charge in [0.15, 0.2) is 0 Å². The first-order valence-electron chi connectivity index (χ1n) is 8.86. The number of likely N-dealkylation sites (N-methyl/N-ethyl adjacent to an activating group) is 1. The Morgan fingerprint density at radius 1 is 1.31 bits per heavy atom. The molecule has 1 saturated heterocycles. The summed E-state index contributed by atoms with van der Waals surface area (Å²) in [4.78, 5) is 24.1. The molecule has 0 spiro atoms. The van der Waals surface area contributed by atoms with Crippen molar-refractivity contribution in [1.82, 2.24) is 21.3 Å². The lowest BCUT2D eigenvalue weighted by atomic mass is 10.1. The molecule has 1 fully saturated rings. The van der Waals surface area contributed by atoms with Gasteiger partial charge in [0.25, 0.3) is 5.91 Å². The van der Waals surface area contributed by atoms with Crippen molar-refractivity contribution in [3.63, 3.8) is 0 Å². The third kappa shape index (κ3) is 6.84. The van der Waals surface area contributed by atoms with Crippen molar-refractivity contribution in [2.24, 2.45) is 0 Å². The highest BCUT2D eigenvalue weighted by Crippen LogP contribution is 2.18. The van der Waals surface area contributed by atoms with E-state index in [0.29, 0.717) is 36.2 Å². The fourth-order valence-corrected chi connectivity index (χ4v) is 2.61. The topological polar surface area (TPSA) is 82.3 Å². The van der Waals surface area contributed by atoms with Gasteiger partial charge in [0.1, 0.15) is 5.83 Å². The molecule has 26 heavy (non-hydrogen) atoms. The van der Waals surface area contributed by atoms with Crippen LogP contribution in [0.1, 0.15) is 27.2 Å². The van der Waals surface area contributed by atoms with Crippen molar-refractivity contribution in [2.75, 3.05) is 32.7 Å². The van der Waals surface area contributed by atoms with Crippen LogP contribution in [-0.2, 0) is 9.59 Å². The Morgan fingerprint density at radius 3 is 2.65 bits per heavy atom. The number of hydrogen-bond acceptors (Lipinski definition) is 4. The fraction of sp³-hybridized carbons (Fsp3) is 0.474. The molecule has 0 radical (unpaired) electrons. The second kappa shape index (κ2) is 11.3. The van der Waals surface area contributed by atoms with E-state index >= 15 is 0 Å². The number of allylic oxidation sites excluding steroid dienone is 3. The van der Waals surface area contributed by atoms with E-state index in [2.05, 4.69) is 27.8 Å². The van der Waals surface area contributed by atoms with Crippen LogP contribution in [0, 0.1) is 0 Å². The zero-order valence-electron chi connectivity index (χ0n) is 15.8. The Morgan fingerprint density at radius 2 is 2.04 bits per heavy atom. The maximum atomic E-state index is 13.0. The van der Waals surface area contributed by atoms with Gasteiger partial charge in [-0.3, -0.25) is 9.59 Å². The summed E-state index contributed by atoms with van der Waals surface area (Å²) in [5, 5.41) is 11.8. The normalized spacial score (nSPS) is 17.9. The molecule has 0 aromatic carbocycles. The van der Waals surface area contributed by atoms with Gasteiger partial charge in [0, 0.05) is 43.0 Å². The molecule has 0 bridgehead atoms. The third-order valence-electron chi connectivity index (χ3n) is 3.95. The SMILES string of the molecule is C=C(F)/C=C1\CNC(=O)\C1=C/CN/C(C)=C(\CC)C(=O)NCCNCC. The lowest BCUT2D eigenvalue weighted by molar-refractivity contribution is -0.118. The second-order valence-electron chi connectivity index (χ2n) is 5.86. The van der Waals surface area contributed by atoms with E-state index in [1.807, 2.05) is 20.8 Å². The van der Waals surface area contributed by atoms with E-state index in [9.17, 15) is 14.0 Å². The van der Waals surface area contributed by atoms with Gasteiger partial charge in [-0.1, -0.05) is 26.5 Å². The number of rotatable bonds is 10. The van der Waals surface area contributed by atoms with Crippen LogP contribution in [0.15, 0.2) is 47.0 Å². The second-order valence-corrected chi connectivity index (χ2v) is 5.86. The Hall–Kier alpha value is -2.41. The largest absolute Gasteiger partial charge is 0.385 e. The Balaban J connectivity index is 2.70. The van der Waals surface area contributed by atoms with E-state index in [-0.39, 0.29) is 18.4 Å². The maximum absolute atomic E-state index is 13.0. The van der Waals surface area contributed by atoms with Crippen molar-refractivity contribution in [2.45, 2.75) is 27.2 Å². The number of carbonyl (C=O) groups is 2. The molecule has 0 atom stereocenters. The first-order valence-corrected chi connectivity index (χ1v) is 8.86. The average Bonchev–Trinajstić information content (AvgIpc) is 2.92. The van der Waals surface area contributed by atoms with Crippen LogP contribution in [0.25, 0.3) is 0 Å². The lowest BCUT2D eigenvalue weighted by Gasteiger charge is -2.12. The molecule has 0 aromatic rings. The first kappa shape index (κ1) is 21.6. The molecule has 2 amide bonds. The van der Waals surface area contributed by atoms with Gasteiger partial charge in [0.05, 0.1) is 0 Å². The summed E-state index contributed by atoms with van der Waals surface area (Å²) in [5.74, 6) is -0.928. The van der Waals surface area contributed by atoms with Gasteiger partial charge in [-0.25, -0.2) is 4.39 Å². The van der Waals surface area contributed by atoms with Gasteiger partial charge in [-0.2, -0.15) is 0 Å². The number of halogens is 1. The Bertz CT molecular complexity index is 635. The molecule has 144 valence electrons.